The summed E-state index contributed by atoms with van der Waals surface area (Å²) < 4.78 is 5.27. The van der Waals surface area contributed by atoms with E-state index in [4.69, 9.17) is 9.84 Å². The predicted molar refractivity (Wildman–Crippen MR) is 45.0 cm³/mol. The lowest BCUT2D eigenvalue weighted by Gasteiger charge is -2.06. The van der Waals surface area contributed by atoms with Gasteiger partial charge in [0, 0.05) is 0 Å². The van der Waals surface area contributed by atoms with Crippen LogP contribution >= 0.6 is 0 Å². The summed E-state index contributed by atoms with van der Waals surface area (Å²) in [4.78, 5) is 10.9. The Morgan fingerprint density at radius 2 is 2.25 bits per heavy atom. The van der Waals surface area contributed by atoms with Gasteiger partial charge < -0.3 is 9.84 Å². The van der Waals surface area contributed by atoms with E-state index in [-0.39, 0.29) is 6.10 Å². The molecular weight excluding hydrogens is 156 g/mol. The summed E-state index contributed by atoms with van der Waals surface area (Å²) >= 11 is 0. The van der Waals surface area contributed by atoms with Gasteiger partial charge in [0.05, 0.1) is 0 Å². The molecule has 2 atom stereocenters. The lowest BCUT2D eigenvalue weighted by molar-refractivity contribution is -0.143. The molecule has 0 amide bonds. The van der Waals surface area contributed by atoms with Crippen LogP contribution in [0.2, 0.25) is 0 Å². The van der Waals surface area contributed by atoms with E-state index in [1.165, 1.54) is 0 Å². The minimum absolute atomic E-state index is 0.0741. The molecule has 1 rings (SSSR count). The fourth-order valence-corrected chi connectivity index (χ4v) is 1.72. The first-order valence-electron chi connectivity index (χ1n) is 4.45. The Morgan fingerprint density at radius 1 is 1.67 bits per heavy atom. The molecule has 0 radical (unpaired) electrons. The van der Waals surface area contributed by atoms with E-state index >= 15 is 0 Å². The molecule has 0 spiro atoms. The fourth-order valence-electron chi connectivity index (χ4n) is 1.72. The molecule has 1 saturated heterocycles. The summed E-state index contributed by atoms with van der Waals surface area (Å²) in [6.45, 7) is 5.96. The van der Waals surface area contributed by atoms with Crippen LogP contribution in [0.5, 0.6) is 0 Å². The third-order valence-electron chi connectivity index (χ3n) is 2.33. The lowest BCUT2D eigenvalue weighted by atomic mass is 9.93. The van der Waals surface area contributed by atoms with E-state index in [2.05, 4.69) is 0 Å². The van der Waals surface area contributed by atoms with Crippen molar-refractivity contribution in [1.82, 2.24) is 0 Å². The smallest absolute Gasteiger partial charge is 0.338 e. The normalized spacial score (nSPS) is 33.8. The summed E-state index contributed by atoms with van der Waals surface area (Å²) in [6, 6.07) is 0. The second-order valence-electron chi connectivity index (χ2n) is 3.73. The summed E-state index contributed by atoms with van der Waals surface area (Å²) in [5.41, 5.74) is -0.844. The number of aliphatic carboxylic acids is 1. The molecule has 1 heterocycles. The van der Waals surface area contributed by atoms with Gasteiger partial charge in [-0.05, 0) is 12.3 Å². The third kappa shape index (κ3) is 1.33. The summed E-state index contributed by atoms with van der Waals surface area (Å²) in [6.07, 6.45) is 1.41. The van der Waals surface area contributed by atoms with Crippen molar-refractivity contribution in [3.05, 3.63) is 0 Å². The maximum atomic E-state index is 10.9. The molecule has 1 fully saturated rings. The van der Waals surface area contributed by atoms with Gasteiger partial charge >= 0.3 is 5.97 Å². The molecule has 12 heavy (non-hydrogen) atoms. The van der Waals surface area contributed by atoms with Gasteiger partial charge in [-0.3, -0.25) is 0 Å². The second-order valence-corrected chi connectivity index (χ2v) is 3.73. The Kier molecular flexibility index (Phi) is 2.42. The largest absolute Gasteiger partial charge is 0.479 e. The molecule has 0 aromatic carbocycles. The highest BCUT2D eigenvalue weighted by Crippen LogP contribution is 2.45. The van der Waals surface area contributed by atoms with Crippen LogP contribution in [-0.4, -0.2) is 22.8 Å². The zero-order chi connectivity index (χ0) is 9.35. The first kappa shape index (κ1) is 9.52. The lowest BCUT2D eigenvalue weighted by Crippen LogP contribution is -2.28. The molecule has 3 heteroatoms. The molecular formula is C9H16O3. The summed E-state index contributed by atoms with van der Waals surface area (Å²) in [5.74, 6) is -0.504. The van der Waals surface area contributed by atoms with Crippen molar-refractivity contribution in [3.8, 4) is 0 Å². The fraction of sp³-hybridized carbons (Fsp3) is 0.889. The summed E-state index contributed by atoms with van der Waals surface area (Å²) in [7, 11) is 0. The van der Waals surface area contributed by atoms with Crippen LogP contribution in [0.1, 0.15) is 33.6 Å². The Morgan fingerprint density at radius 3 is 2.50 bits per heavy atom. The molecule has 0 saturated carbocycles. The van der Waals surface area contributed by atoms with Crippen molar-refractivity contribution < 1.29 is 14.6 Å². The molecule has 2 unspecified atom stereocenters. The van der Waals surface area contributed by atoms with Gasteiger partial charge in [-0.15, -0.1) is 0 Å². The number of carboxylic acid groups (broad SMARTS) is 1. The van der Waals surface area contributed by atoms with Crippen molar-refractivity contribution in [2.24, 2.45) is 5.92 Å². The van der Waals surface area contributed by atoms with Gasteiger partial charge in [0.2, 0.25) is 0 Å². The Bertz CT molecular complexity index is 188. The van der Waals surface area contributed by atoms with Crippen LogP contribution in [0.3, 0.4) is 0 Å². The molecule has 0 aliphatic carbocycles. The van der Waals surface area contributed by atoms with Gasteiger partial charge in [-0.25, -0.2) is 4.79 Å². The minimum Gasteiger partial charge on any atom is -0.479 e. The van der Waals surface area contributed by atoms with E-state index < -0.39 is 11.6 Å². The average molecular weight is 172 g/mol. The van der Waals surface area contributed by atoms with Crippen LogP contribution in [0, 0.1) is 5.92 Å². The highest BCUT2D eigenvalue weighted by Gasteiger charge is 2.63. The first-order chi connectivity index (χ1) is 5.54. The molecule has 1 N–H and O–H groups in total. The number of hydrogen-bond donors (Lipinski definition) is 1. The van der Waals surface area contributed by atoms with E-state index in [1.807, 2.05) is 20.8 Å². The van der Waals surface area contributed by atoms with Crippen LogP contribution in [0.4, 0.5) is 0 Å². The van der Waals surface area contributed by atoms with Crippen LogP contribution < -0.4 is 0 Å². The van der Waals surface area contributed by atoms with Crippen molar-refractivity contribution in [3.63, 3.8) is 0 Å². The number of epoxide rings is 1. The predicted octanol–water partition coefficient (Wildman–Crippen LogP) is 1.66. The highest BCUT2D eigenvalue weighted by atomic mass is 16.6. The zero-order valence-corrected chi connectivity index (χ0v) is 7.83. The second kappa shape index (κ2) is 3.05. The van der Waals surface area contributed by atoms with Crippen LogP contribution in [-0.2, 0) is 9.53 Å². The maximum Gasteiger partial charge on any atom is 0.338 e. The van der Waals surface area contributed by atoms with E-state index in [0.29, 0.717) is 12.3 Å². The number of carboxylic acids is 1. The Hall–Kier alpha value is -0.570. The van der Waals surface area contributed by atoms with Gasteiger partial charge in [0.15, 0.2) is 5.60 Å². The molecule has 0 bridgehead atoms. The molecule has 0 aromatic heterocycles. The van der Waals surface area contributed by atoms with Gasteiger partial charge in [0.25, 0.3) is 0 Å². The van der Waals surface area contributed by atoms with Gasteiger partial charge in [0.1, 0.15) is 6.10 Å². The van der Waals surface area contributed by atoms with E-state index in [1.54, 1.807) is 0 Å². The molecule has 0 aromatic rings. The van der Waals surface area contributed by atoms with Crippen molar-refractivity contribution in [2.45, 2.75) is 45.3 Å². The van der Waals surface area contributed by atoms with E-state index in [9.17, 15) is 4.79 Å². The number of hydrogen-bond acceptors (Lipinski definition) is 2. The third-order valence-corrected chi connectivity index (χ3v) is 2.33. The summed E-state index contributed by atoms with van der Waals surface area (Å²) in [5, 5.41) is 8.93. The Balaban J connectivity index is 2.62. The highest BCUT2D eigenvalue weighted by molar-refractivity contribution is 5.81. The van der Waals surface area contributed by atoms with Crippen LogP contribution in [0.25, 0.3) is 0 Å². The minimum atomic E-state index is -0.844. The standard InChI is InChI=1S/C9H16O3/c1-4-5-9(8(10)11)7(12-9)6(2)3/h6-7H,4-5H2,1-3H3,(H,10,11). The van der Waals surface area contributed by atoms with E-state index in [0.717, 1.165) is 6.42 Å². The topological polar surface area (TPSA) is 49.8 Å². The number of ether oxygens (including phenoxy) is 1. The quantitative estimate of drug-likeness (QED) is 0.656. The monoisotopic (exact) mass is 172 g/mol. The molecule has 1 aliphatic rings. The molecule has 70 valence electrons. The molecule has 1 aliphatic heterocycles. The molecule has 3 nitrogen and oxygen atoms in total. The first-order valence-corrected chi connectivity index (χ1v) is 4.45. The average Bonchev–Trinajstić information content (AvgIpc) is 2.65. The van der Waals surface area contributed by atoms with Gasteiger partial charge in [-0.1, -0.05) is 27.2 Å². The zero-order valence-electron chi connectivity index (χ0n) is 7.83. The number of carbonyl (C=O) groups is 1. The van der Waals surface area contributed by atoms with Gasteiger partial charge in [-0.2, -0.15) is 0 Å². The van der Waals surface area contributed by atoms with Crippen LogP contribution in [0.15, 0.2) is 0 Å². The maximum absolute atomic E-state index is 10.9. The van der Waals surface area contributed by atoms with Crippen molar-refractivity contribution in [1.29, 1.82) is 0 Å². The number of rotatable bonds is 4. The van der Waals surface area contributed by atoms with Crippen molar-refractivity contribution >= 4 is 5.97 Å². The SMILES string of the molecule is CCCC1(C(=O)O)OC1C(C)C. The van der Waals surface area contributed by atoms with Crippen molar-refractivity contribution in [2.75, 3.05) is 0 Å². The Labute approximate surface area is 72.7 Å².